The molecule has 1 aromatic carbocycles. The van der Waals surface area contributed by atoms with Gasteiger partial charge in [0.25, 0.3) is 5.91 Å². The van der Waals surface area contributed by atoms with Crippen LogP contribution >= 0.6 is 11.6 Å². The van der Waals surface area contributed by atoms with Crippen LogP contribution in [-0.2, 0) is 19.1 Å². The van der Waals surface area contributed by atoms with Gasteiger partial charge in [-0.3, -0.25) is 14.4 Å². The van der Waals surface area contributed by atoms with Gasteiger partial charge in [-0.15, -0.1) is 0 Å². The minimum absolute atomic E-state index is 0.0549. The molecule has 7 nitrogen and oxygen atoms in total. The highest BCUT2D eigenvalue weighted by molar-refractivity contribution is 6.30. The molecule has 1 saturated heterocycles. The summed E-state index contributed by atoms with van der Waals surface area (Å²) in [7, 11) is 0. The molecule has 0 unspecified atom stereocenters. The molecule has 1 N–H and O–H groups in total. The largest absolute Gasteiger partial charge is 0.452 e. The van der Waals surface area contributed by atoms with Gasteiger partial charge in [0, 0.05) is 24.8 Å². The number of ether oxygens (including phenoxy) is 1. The molecule has 2 aromatic rings. The lowest BCUT2D eigenvalue weighted by atomic mass is 10.1. The molecular weight excluding hydrogens is 394 g/mol. The minimum atomic E-state index is -1.02. The Bertz CT molecular complexity index is 945. The maximum atomic E-state index is 12.5. The van der Waals surface area contributed by atoms with E-state index >= 15 is 0 Å². The number of benzene rings is 1. The Hall–Kier alpha value is -2.93. The van der Waals surface area contributed by atoms with Crippen molar-refractivity contribution in [3.05, 3.63) is 52.7 Å². The zero-order valence-corrected chi connectivity index (χ0v) is 17.2. The number of aromatic nitrogens is 1. The van der Waals surface area contributed by atoms with Crippen molar-refractivity contribution in [2.24, 2.45) is 5.92 Å². The molecule has 0 aliphatic carbocycles. The second-order valence-electron chi connectivity index (χ2n) is 7.05. The van der Waals surface area contributed by atoms with Crippen LogP contribution in [0, 0.1) is 19.8 Å². The first-order valence-electron chi connectivity index (χ1n) is 9.25. The summed E-state index contributed by atoms with van der Waals surface area (Å²) in [5.41, 5.74) is 2.87. The third-order valence-electron chi connectivity index (χ3n) is 4.97. The number of nitrogens with one attached hydrogen (secondary N) is 1. The maximum Gasteiger partial charge on any atom is 0.312 e. The standard InChI is InChI=1S/C21H22ClN3O4/c1-12-5-4-6-17(13(12)2)25-11-15(9-19(25)26)21(28)29-14(3)20(27)24-18-8-7-16(22)10-23-18/h4-8,10,14-15H,9,11H2,1-3H3,(H,23,24,27)/t14-,15+/m0/s1. The van der Waals surface area contributed by atoms with E-state index in [1.54, 1.807) is 17.0 Å². The van der Waals surface area contributed by atoms with E-state index in [9.17, 15) is 14.4 Å². The maximum absolute atomic E-state index is 12.5. The molecule has 0 spiro atoms. The van der Waals surface area contributed by atoms with Crippen LogP contribution in [0.4, 0.5) is 11.5 Å². The van der Waals surface area contributed by atoms with Gasteiger partial charge >= 0.3 is 5.97 Å². The van der Waals surface area contributed by atoms with Gasteiger partial charge in [0.05, 0.1) is 10.9 Å². The summed E-state index contributed by atoms with van der Waals surface area (Å²) >= 11 is 5.76. The summed E-state index contributed by atoms with van der Waals surface area (Å²) in [6, 6.07) is 8.86. The fourth-order valence-electron chi connectivity index (χ4n) is 3.13. The monoisotopic (exact) mass is 415 g/mol. The van der Waals surface area contributed by atoms with Crippen LogP contribution in [0.2, 0.25) is 5.02 Å². The van der Waals surface area contributed by atoms with Crippen LogP contribution in [0.1, 0.15) is 24.5 Å². The highest BCUT2D eigenvalue weighted by atomic mass is 35.5. The molecule has 0 bridgehead atoms. The first-order chi connectivity index (χ1) is 13.8. The van der Waals surface area contributed by atoms with Gasteiger partial charge < -0.3 is 15.0 Å². The molecule has 29 heavy (non-hydrogen) atoms. The quantitative estimate of drug-likeness (QED) is 0.757. The lowest BCUT2D eigenvalue weighted by Gasteiger charge is -2.20. The molecular formula is C21H22ClN3O4. The van der Waals surface area contributed by atoms with Crippen molar-refractivity contribution in [2.75, 3.05) is 16.8 Å². The number of pyridine rings is 1. The SMILES string of the molecule is Cc1cccc(N2C[C@H](C(=O)O[C@@H](C)C(=O)Nc3ccc(Cl)cn3)CC2=O)c1C. The summed E-state index contributed by atoms with van der Waals surface area (Å²) in [5, 5.41) is 3.00. The first kappa shape index (κ1) is 20.8. The molecule has 2 amide bonds. The molecule has 0 radical (unpaired) electrons. The Labute approximate surface area is 174 Å². The molecule has 3 rings (SSSR count). The van der Waals surface area contributed by atoms with Gasteiger partial charge in [0.15, 0.2) is 6.10 Å². The second-order valence-corrected chi connectivity index (χ2v) is 7.49. The van der Waals surface area contributed by atoms with Crippen molar-refractivity contribution in [3.8, 4) is 0 Å². The van der Waals surface area contributed by atoms with Crippen LogP contribution < -0.4 is 10.2 Å². The number of esters is 1. The Balaban J connectivity index is 1.60. The van der Waals surface area contributed by atoms with Crippen LogP contribution in [-0.4, -0.2) is 35.4 Å². The number of amides is 2. The highest BCUT2D eigenvalue weighted by Gasteiger charge is 2.37. The second kappa shape index (κ2) is 8.61. The third kappa shape index (κ3) is 4.74. The number of nitrogens with zero attached hydrogens (tertiary/aromatic N) is 2. The number of halogens is 1. The van der Waals surface area contributed by atoms with Crippen molar-refractivity contribution < 1.29 is 19.1 Å². The van der Waals surface area contributed by atoms with E-state index in [0.29, 0.717) is 10.8 Å². The highest BCUT2D eigenvalue weighted by Crippen LogP contribution is 2.30. The Morgan fingerprint density at radius 3 is 2.72 bits per heavy atom. The van der Waals surface area contributed by atoms with Gasteiger partial charge in [-0.1, -0.05) is 23.7 Å². The number of hydrogen-bond acceptors (Lipinski definition) is 5. The number of anilines is 2. The molecule has 2 atom stereocenters. The van der Waals surface area contributed by atoms with Crippen LogP contribution in [0.5, 0.6) is 0 Å². The number of rotatable bonds is 5. The number of carbonyl (C=O) groups excluding carboxylic acids is 3. The average molecular weight is 416 g/mol. The fourth-order valence-corrected chi connectivity index (χ4v) is 3.24. The van der Waals surface area contributed by atoms with Crippen LogP contribution in [0.25, 0.3) is 0 Å². The molecule has 0 saturated carbocycles. The van der Waals surface area contributed by atoms with E-state index in [1.165, 1.54) is 13.1 Å². The lowest BCUT2D eigenvalue weighted by molar-refractivity contribution is -0.157. The molecule has 1 aliphatic rings. The molecule has 1 fully saturated rings. The Kier molecular flexibility index (Phi) is 6.17. The summed E-state index contributed by atoms with van der Waals surface area (Å²) in [5.74, 6) is -1.53. The predicted octanol–water partition coefficient (Wildman–Crippen LogP) is 3.28. The van der Waals surface area contributed by atoms with E-state index in [2.05, 4.69) is 10.3 Å². The summed E-state index contributed by atoms with van der Waals surface area (Å²) < 4.78 is 5.29. The fraction of sp³-hybridized carbons (Fsp3) is 0.333. The smallest absolute Gasteiger partial charge is 0.312 e. The Morgan fingerprint density at radius 2 is 2.03 bits per heavy atom. The number of aryl methyl sites for hydroxylation is 1. The van der Waals surface area contributed by atoms with Crippen LogP contribution in [0.3, 0.4) is 0 Å². The van der Waals surface area contributed by atoms with Gasteiger partial charge in [-0.05, 0) is 50.1 Å². The van der Waals surface area contributed by atoms with E-state index < -0.39 is 23.9 Å². The summed E-state index contributed by atoms with van der Waals surface area (Å²) in [4.78, 5) is 42.8. The van der Waals surface area contributed by atoms with Crippen molar-refractivity contribution in [1.29, 1.82) is 0 Å². The van der Waals surface area contributed by atoms with Crippen molar-refractivity contribution in [3.63, 3.8) is 0 Å². The van der Waals surface area contributed by atoms with Crippen molar-refractivity contribution in [2.45, 2.75) is 33.3 Å². The van der Waals surface area contributed by atoms with E-state index in [1.807, 2.05) is 32.0 Å². The van der Waals surface area contributed by atoms with Gasteiger partial charge in [0.2, 0.25) is 5.91 Å². The zero-order valence-electron chi connectivity index (χ0n) is 16.4. The van der Waals surface area contributed by atoms with E-state index in [4.69, 9.17) is 16.3 Å². The summed E-state index contributed by atoms with van der Waals surface area (Å²) in [6.07, 6.45) is 0.434. The summed E-state index contributed by atoms with van der Waals surface area (Å²) in [6.45, 7) is 5.62. The normalized spacial score (nSPS) is 17.2. The third-order valence-corrected chi connectivity index (χ3v) is 5.19. The molecule has 8 heteroatoms. The molecule has 1 aromatic heterocycles. The molecule has 1 aliphatic heterocycles. The minimum Gasteiger partial charge on any atom is -0.452 e. The van der Waals surface area contributed by atoms with Gasteiger partial charge in [-0.2, -0.15) is 0 Å². The topological polar surface area (TPSA) is 88.6 Å². The van der Waals surface area contributed by atoms with Crippen molar-refractivity contribution in [1.82, 2.24) is 4.98 Å². The number of hydrogen-bond donors (Lipinski definition) is 1. The lowest BCUT2D eigenvalue weighted by Crippen LogP contribution is -2.33. The zero-order chi connectivity index (χ0) is 21.1. The number of carbonyl (C=O) groups is 3. The Morgan fingerprint density at radius 1 is 1.28 bits per heavy atom. The van der Waals surface area contributed by atoms with E-state index in [-0.39, 0.29) is 18.9 Å². The first-order valence-corrected chi connectivity index (χ1v) is 9.63. The molecule has 152 valence electrons. The van der Waals surface area contributed by atoms with E-state index in [0.717, 1.165) is 16.8 Å². The van der Waals surface area contributed by atoms with Gasteiger partial charge in [0.1, 0.15) is 5.82 Å². The average Bonchev–Trinajstić information content (AvgIpc) is 3.07. The van der Waals surface area contributed by atoms with Crippen LogP contribution in [0.15, 0.2) is 36.5 Å². The predicted molar refractivity (Wildman–Crippen MR) is 110 cm³/mol. The van der Waals surface area contributed by atoms with Crippen molar-refractivity contribution >= 4 is 40.9 Å². The van der Waals surface area contributed by atoms with Gasteiger partial charge in [-0.25, -0.2) is 4.98 Å². The molecule has 2 heterocycles.